The normalized spacial score (nSPS) is 11.6. The van der Waals surface area contributed by atoms with Gasteiger partial charge in [0.25, 0.3) is 5.91 Å². The molecule has 0 aliphatic rings. The van der Waals surface area contributed by atoms with E-state index >= 15 is 0 Å². The number of hydrazine groups is 1. The highest BCUT2D eigenvalue weighted by atomic mass is 32.2. The molecule has 0 unspecified atom stereocenters. The van der Waals surface area contributed by atoms with Crippen LogP contribution in [0.15, 0.2) is 47.4 Å². The molecule has 182 valence electrons. The summed E-state index contributed by atoms with van der Waals surface area (Å²) in [6, 6.07) is 12.5. The van der Waals surface area contributed by atoms with E-state index in [-0.39, 0.29) is 29.7 Å². The third kappa shape index (κ3) is 5.91. The number of rotatable bonds is 9. The predicted octanol–water partition coefficient (Wildman–Crippen LogP) is 1.81. The van der Waals surface area contributed by atoms with Gasteiger partial charge in [0.05, 0.1) is 22.5 Å². The van der Waals surface area contributed by atoms with Gasteiger partial charge in [0.15, 0.2) is 0 Å². The lowest BCUT2D eigenvalue weighted by Crippen LogP contribution is -2.44. The van der Waals surface area contributed by atoms with Crippen LogP contribution in [-0.2, 0) is 32.6 Å². The summed E-state index contributed by atoms with van der Waals surface area (Å²) in [7, 11) is -0.614. The van der Waals surface area contributed by atoms with Gasteiger partial charge in [0, 0.05) is 39.2 Å². The second-order valence-corrected chi connectivity index (χ2v) is 10.2. The van der Waals surface area contributed by atoms with Gasteiger partial charge < -0.3 is 9.88 Å². The van der Waals surface area contributed by atoms with Crippen LogP contribution in [0.1, 0.15) is 24.7 Å². The van der Waals surface area contributed by atoms with E-state index in [1.807, 2.05) is 42.7 Å². The van der Waals surface area contributed by atoms with Gasteiger partial charge in [-0.2, -0.15) is 0 Å². The molecule has 3 N–H and O–H groups in total. The average Bonchev–Trinajstić information content (AvgIpc) is 3.17. The van der Waals surface area contributed by atoms with E-state index in [1.165, 1.54) is 14.1 Å². The summed E-state index contributed by atoms with van der Waals surface area (Å²) in [5, 5.41) is 2.98. The van der Waals surface area contributed by atoms with Gasteiger partial charge in [-0.3, -0.25) is 20.4 Å². The smallest absolute Gasteiger partial charge is 0.257 e. The highest BCUT2D eigenvalue weighted by Crippen LogP contribution is 2.22. The summed E-state index contributed by atoms with van der Waals surface area (Å²) in [5.41, 5.74) is 8.09. The van der Waals surface area contributed by atoms with Crippen molar-refractivity contribution in [3.05, 3.63) is 53.9 Å². The third-order valence-corrected chi connectivity index (χ3v) is 7.13. The molecule has 0 saturated heterocycles. The van der Waals surface area contributed by atoms with Crippen LogP contribution in [0.25, 0.3) is 11.0 Å². The number of aromatic nitrogens is 2. The average molecular weight is 487 g/mol. The Morgan fingerprint density at radius 3 is 2.35 bits per heavy atom. The van der Waals surface area contributed by atoms with Gasteiger partial charge in [-0.1, -0.05) is 17.7 Å². The van der Waals surface area contributed by atoms with Crippen LogP contribution in [0.3, 0.4) is 0 Å². The van der Waals surface area contributed by atoms with Crippen molar-refractivity contribution in [2.45, 2.75) is 38.1 Å². The van der Waals surface area contributed by atoms with Crippen LogP contribution in [0.2, 0.25) is 0 Å². The number of hydrogen-bond acceptors (Lipinski definition) is 6. The number of imidazole rings is 1. The van der Waals surface area contributed by atoms with Crippen molar-refractivity contribution in [1.29, 1.82) is 0 Å². The number of nitrogens with one attached hydrogen (secondary N) is 3. The number of hydrogen-bond donors (Lipinski definition) is 3. The Hall–Kier alpha value is -3.44. The molecule has 1 heterocycles. The van der Waals surface area contributed by atoms with Crippen LogP contribution in [0.4, 0.5) is 5.69 Å². The Balaban J connectivity index is 1.57. The van der Waals surface area contributed by atoms with E-state index < -0.39 is 10.0 Å². The predicted molar refractivity (Wildman–Crippen MR) is 131 cm³/mol. The van der Waals surface area contributed by atoms with Crippen LogP contribution in [0.5, 0.6) is 0 Å². The molecule has 1 aromatic heterocycles. The lowest BCUT2D eigenvalue weighted by molar-refractivity contribution is -0.128. The van der Waals surface area contributed by atoms with Crippen LogP contribution >= 0.6 is 0 Å². The minimum absolute atomic E-state index is 0.0210. The summed E-state index contributed by atoms with van der Waals surface area (Å²) in [5.74, 6) is -0.0574. The molecule has 0 aliphatic heterocycles. The van der Waals surface area contributed by atoms with Crippen LogP contribution in [0, 0.1) is 6.92 Å². The number of nitrogens with zero attached hydrogens (tertiary/aromatic N) is 3. The second-order valence-electron chi connectivity index (χ2n) is 8.03. The number of carbonyl (C=O) groups excluding carboxylic acids is 2. The zero-order chi connectivity index (χ0) is 24.9. The van der Waals surface area contributed by atoms with Gasteiger partial charge in [-0.05, 0) is 44.2 Å². The molecule has 0 aliphatic carbocycles. The van der Waals surface area contributed by atoms with Crippen molar-refractivity contribution in [1.82, 2.24) is 24.7 Å². The number of aryl methyl sites for hydroxylation is 3. The Labute approximate surface area is 199 Å². The summed E-state index contributed by atoms with van der Waals surface area (Å²) in [6.07, 6.45) is 0.444. The molecule has 3 rings (SSSR count). The number of benzene rings is 2. The molecule has 10 nitrogen and oxygen atoms in total. The van der Waals surface area contributed by atoms with Crippen molar-refractivity contribution < 1.29 is 18.0 Å². The van der Waals surface area contributed by atoms with E-state index in [4.69, 9.17) is 0 Å². The van der Waals surface area contributed by atoms with Gasteiger partial charge in [-0.15, -0.1) is 0 Å². The number of amides is 2. The highest BCUT2D eigenvalue weighted by molar-refractivity contribution is 7.89. The molecule has 2 amide bonds. The van der Waals surface area contributed by atoms with Crippen molar-refractivity contribution in [3.63, 3.8) is 0 Å². The van der Waals surface area contributed by atoms with Crippen LogP contribution in [-0.4, -0.2) is 54.7 Å². The Kier molecular flexibility index (Phi) is 7.90. The van der Waals surface area contributed by atoms with E-state index in [9.17, 15) is 18.0 Å². The van der Waals surface area contributed by atoms with Gasteiger partial charge in [-0.25, -0.2) is 17.7 Å². The SMILES string of the molecule is CCn1c(CCC(=O)NNC(=O)CNc2ccc(C)cc2)nc2cc(S(=O)(=O)N(C)C)ccc21. The Bertz CT molecular complexity index is 1280. The zero-order valence-corrected chi connectivity index (χ0v) is 20.6. The van der Waals surface area contributed by atoms with E-state index in [0.717, 1.165) is 21.1 Å². The van der Waals surface area contributed by atoms with E-state index in [0.29, 0.717) is 24.3 Å². The molecular weight excluding hydrogens is 456 g/mol. The fourth-order valence-electron chi connectivity index (χ4n) is 3.40. The van der Waals surface area contributed by atoms with Gasteiger partial charge >= 0.3 is 0 Å². The summed E-state index contributed by atoms with van der Waals surface area (Å²) >= 11 is 0. The standard InChI is InChI=1S/C23H30N6O4S/c1-5-29-20-11-10-18(34(32,33)28(3)4)14-19(20)25-21(29)12-13-22(30)26-27-23(31)15-24-17-8-6-16(2)7-9-17/h6-11,14,24H,5,12-13,15H2,1-4H3,(H,26,30)(H,27,31). The second kappa shape index (κ2) is 10.7. The first-order chi connectivity index (χ1) is 16.1. The Morgan fingerprint density at radius 2 is 1.71 bits per heavy atom. The van der Waals surface area contributed by atoms with Crippen LogP contribution < -0.4 is 16.2 Å². The lowest BCUT2D eigenvalue weighted by atomic mass is 10.2. The molecule has 0 bridgehead atoms. The van der Waals surface area contributed by atoms with Crippen molar-refractivity contribution in [2.24, 2.45) is 0 Å². The number of carbonyl (C=O) groups is 2. The maximum Gasteiger partial charge on any atom is 0.257 e. The highest BCUT2D eigenvalue weighted by Gasteiger charge is 2.19. The molecule has 3 aromatic rings. The van der Waals surface area contributed by atoms with Crippen molar-refractivity contribution >= 4 is 38.6 Å². The molecular formula is C23H30N6O4S. The fourth-order valence-corrected chi connectivity index (χ4v) is 4.32. The number of anilines is 1. The van der Waals surface area contributed by atoms with Crippen molar-refractivity contribution in [2.75, 3.05) is 26.0 Å². The van der Waals surface area contributed by atoms with Crippen molar-refractivity contribution in [3.8, 4) is 0 Å². The molecule has 11 heteroatoms. The lowest BCUT2D eigenvalue weighted by Gasteiger charge is -2.11. The van der Waals surface area contributed by atoms with Gasteiger partial charge in [0.1, 0.15) is 5.82 Å². The maximum absolute atomic E-state index is 12.4. The third-order valence-electron chi connectivity index (χ3n) is 5.32. The minimum atomic E-state index is -3.57. The molecule has 0 atom stereocenters. The fraction of sp³-hybridized carbons (Fsp3) is 0.348. The van der Waals surface area contributed by atoms with Gasteiger partial charge in [0.2, 0.25) is 15.9 Å². The molecule has 0 radical (unpaired) electrons. The minimum Gasteiger partial charge on any atom is -0.376 e. The first-order valence-corrected chi connectivity index (χ1v) is 12.4. The molecule has 34 heavy (non-hydrogen) atoms. The zero-order valence-electron chi connectivity index (χ0n) is 19.8. The maximum atomic E-state index is 12.4. The van der Waals surface area contributed by atoms with E-state index in [2.05, 4.69) is 21.2 Å². The van der Waals surface area contributed by atoms with E-state index in [1.54, 1.807) is 18.2 Å². The first-order valence-electron chi connectivity index (χ1n) is 10.9. The first kappa shape index (κ1) is 25.2. The summed E-state index contributed by atoms with van der Waals surface area (Å²) in [6.45, 7) is 4.58. The molecule has 0 saturated carbocycles. The number of sulfonamides is 1. The Morgan fingerprint density at radius 1 is 1.03 bits per heavy atom. The monoisotopic (exact) mass is 486 g/mol. The molecule has 2 aromatic carbocycles. The number of fused-ring (bicyclic) bond motifs is 1. The molecule has 0 spiro atoms. The quantitative estimate of drug-likeness (QED) is 0.396. The summed E-state index contributed by atoms with van der Waals surface area (Å²) in [4.78, 5) is 28.9. The topological polar surface area (TPSA) is 125 Å². The largest absolute Gasteiger partial charge is 0.376 e. The molecule has 0 fully saturated rings. The summed E-state index contributed by atoms with van der Waals surface area (Å²) < 4.78 is 27.9.